The molecule has 1 aromatic carbocycles. The Morgan fingerprint density at radius 1 is 1.21 bits per heavy atom. The molecule has 0 unspecified atom stereocenters. The number of amides is 1. The van der Waals surface area contributed by atoms with Gasteiger partial charge in [-0.25, -0.2) is 0 Å². The van der Waals surface area contributed by atoms with Crippen molar-refractivity contribution in [3.8, 4) is 11.5 Å². The fourth-order valence-corrected chi connectivity index (χ4v) is 3.95. The predicted octanol–water partition coefficient (Wildman–Crippen LogP) is 1.84. The summed E-state index contributed by atoms with van der Waals surface area (Å²) in [6, 6.07) is 5.52. The van der Waals surface area contributed by atoms with Gasteiger partial charge in [-0.15, -0.1) is 10.2 Å². The first kappa shape index (κ1) is 17.5. The molecule has 5 rings (SSSR count). The third-order valence-electron chi connectivity index (χ3n) is 5.43. The second kappa shape index (κ2) is 6.77. The van der Waals surface area contributed by atoms with E-state index in [0.717, 1.165) is 35.7 Å². The Balaban J connectivity index is 1.53. The van der Waals surface area contributed by atoms with Crippen molar-refractivity contribution < 1.29 is 4.79 Å². The number of carbonyl (C=O) groups is 1. The molecule has 0 spiro atoms. The number of nitrogens with zero attached hydrogens (tertiary/aromatic N) is 8. The van der Waals surface area contributed by atoms with Crippen LogP contribution in [0.5, 0.6) is 0 Å². The third kappa shape index (κ3) is 2.77. The number of carbonyl (C=O) groups excluding carboxylic acids is 1. The molecule has 0 bridgehead atoms. The number of rotatable bonds is 3. The molecule has 0 aliphatic carbocycles. The van der Waals surface area contributed by atoms with Gasteiger partial charge in [0, 0.05) is 50.2 Å². The molecular formula is C20H20N8O. The van der Waals surface area contributed by atoms with E-state index < -0.39 is 0 Å². The summed E-state index contributed by atoms with van der Waals surface area (Å²) in [6.45, 7) is 3.90. The average Bonchev–Trinajstić information content (AvgIpc) is 3.36. The second-order valence-electron chi connectivity index (χ2n) is 7.04. The van der Waals surface area contributed by atoms with E-state index in [9.17, 15) is 4.79 Å². The van der Waals surface area contributed by atoms with Crippen molar-refractivity contribution in [3.05, 3.63) is 53.7 Å². The molecule has 1 amide bonds. The molecule has 1 aliphatic heterocycles. The maximum Gasteiger partial charge on any atom is 0.256 e. The van der Waals surface area contributed by atoms with E-state index in [1.807, 2.05) is 46.3 Å². The molecule has 9 nitrogen and oxygen atoms in total. The molecule has 0 radical (unpaired) electrons. The van der Waals surface area contributed by atoms with Crippen molar-refractivity contribution in [2.75, 3.05) is 6.54 Å². The summed E-state index contributed by atoms with van der Waals surface area (Å²) in [5.74, 6) is 0.684. The van der Waals surface area contributed by atoms with E-state index in [4.69, 9.17) is 5.10 Å². The molecule has 29 heavy (non-hydrogen) atoms. The molecule has 4 heterocycles. The highest BCUT2D eigenvalue weighted by atomic mass is 16.2. The Morgan fingerprint density at radius 3 is 2.93 bits per heavy atom. The van der Waals surface area contributed by atoms with Gasteiger partial charge in [0.25, 0.3) is 5.91 Å². The van der Waals surface area contributed by atoms with Crippen molar-refractivity contribution in [1.29, 1.82) is 0 Å². The summed E-state index contributed by atoms with van der Waals surface area (Å²) in [5.41, 5.74) is 4.86. The van der Waals surface area contributed by atoms with Crippen LogP contribution in [-0.2, 0) is 26.6 Å². The summed E-state index contributed by atoms with van der Waals surface area (Å²) in [5, 5.41) is 13.0. The Morgan fingerprint density at radius 2 is 2.07 bits per heavy atom. The van der Waals surface area contributed by atoms with Crippen LogP contribution in [0.4, 0.5) is 0 Å². The number of fused-ring (bicyclic) bond motifs is 2. The maximum absolute atomic E-state index is 13.3. The zero-order valence-electron chi connectivity index (χ0n) is 16.3. The van der Waals surface area contributed by atoms with Gasteiger partial charge in [0.05, 0.1) is 17.6 Å². The van der Waals surface area contributed by atoms with Crippen LogP contribution in [-0.4, -0.2) is 51.9 Å². The normalized spacial score (nSPS) is 13.7. The minimum Gasteiger partial charge on any atom is -0.334 e. The van der Waals surface area contributed by atoms with Gasteiger partial charge in [0.15, 0.2) is 5.82 Å². The molecule has 146 valence electrons. The van der Waals surface area contributed by atoms with E-state index >= 15 is 0 Å². The molecule has 4 aromatic rings. The zero-order valence-corrected chi connectivity index (χ0v) is 16.3. The van der Waals surface area contributed by atoms with Crippen molar-refractivity contribution in [1.82, 2.24) is 39.4 Å². The van der Waals surface area contributed by atoms with Gasteiger partial charge in [-0.05, 0) is 19.1 Å². The molecule has 0 fully saturated rings. The van der Waals surface area contributed by atoms with Crippen molar-refractivity contribution in [2.45, 2.75) is 26.4 Å². The van der Waals surface area contributed by atoms with Crippen LogP contribution >= 0.6 is 0 Å². The summed E-state index contributed by atoms with van der Waals surface area (Å²) in [6.07, 6.45) is 5.69. The topological polar surface area (TPSA) is 94.6 Å². The van der Waals surface area contributed by atoms with Crippen LogP contribution in [0.15, 0.2) is 36.9 Å². The highest BCUT2D eigenvalue weighted by Crippen LogP contribution is 2.29. The lowest BCUT2D eigenvalue weighted by Gasteiger charge is -2.28. The van der Waals surface area contributed by atoms with E-state index in [0.29, 0.717) is 29.7 Å². The molecule has 0 N–H and O–H groups in total. The monoisotopic (exact) mass is 388 g/mol. The maximum atomic E-state index is 13.3. The van der Waals surface area contributed by atoms with Gasteiger partial charge in [-0.1, -0.05) is 6.07 Å². The van der Waals surface area contributed by atoms with Crippen LogP contribution in [0.1, 0.15) is 28.5 Å². The third-order valence-corrected chi connectivity index (χ3v) is 5.43. The minimum atomic E-state index is -0.0477. The van der Waals surface area contributed by atoms with Gasteiger partial charge < -0.3 is 9.47 Å². The van der Waals surface area contributed by atoms with Crippen molar-refractivity contribution in [3.63, 3.8) is 0 Å². The Bertz CT molecular complexity index is 1220. The largest absolute Gasteiger partial charge is 0.334 e. The summed E-state index contributed by atoms with van der Waals surface area (Å²) < 4.78 is 3.86. The first-order valence-electron chi connectivity index (χ1n) is 9.59. The first-order valence-corrected chi connectivity index (χ1v) is 9.59. The van der Waals surface area contributed by atoms with Gasteiger partial charge in [-0.2, -0.15) is 5.10 Å². The van der Waals surface area contributed by atoms with Crippen LogP contribution < -0.4 is 0 Å². The summed E-state index contributed by atoms with van der Waals surface area (Å²) >= 11 is 0. The van der Waals surface area contributed by atoms with Gasteiger partial charge in [0.1, 0.15) is 17.5 Å². The summed E-state index contributed by atoms with van der Waals surface area (Å²) in [4.78, 5) is 23.9. The fraction of sp³-hybridized carbons (Fsp3) is 0.300. The number of benzene rings is 1. The molecule has 0 saturated heterocycles. The van der Waals surface area contributed by atoms with E-state index in [1.165, 1.54) is 0 Å². The molecule has 3 aromatic heterocycles. The number of aryl methyl sites for hydroxylation is 2. The quantitative estimate of drug-likeness (QED) is 0.531. The predicted molar refractivity (Wildman–Crippen MR) is 106 cm³/mol. The highest BCUT2D eigenvalue weighted by molar-refractivity contribution is 6.04. The summed E-state index contributed by atoms with van der Waals surface area (Å²) in [7, 11) is 1.94. The number of aromatic nitrogens is 7. The Kier molecular flexibility index (Phi) is 4.08. The Hall–Kier alpha value is -3.62. The van der Waals surface area contributed by atoms with E-state index in [1.54, 1.807) is 18.7 Å². The number of hydrogen-bond donors (Lipinski definition) is 0. The van der Waals surface area contributed by atoms with Crippen LogP contribution in [0.25, 0.3) is 22.6 Å². The Labute approximate surface area is 167 Å². The molecule has 0 saturated carbocycles. The van der Waals surface area contributed by atoms with Crippen molar-refractivity contribution in [2.24, 2.45) is 7.05 Å². The first-order chi connectivity index (χ1) is 14.2. The molecule has 1 aliphatic rings. The SMILES string of the molecule is CCn1cnnc1-c1nn(C)c2c1CN(C(=O)c1cccc3nccnc13)CC2. The lowest BCUT2D eigenvalue weighted by atomic mass is 10.0. The van der Waals surface area contributed by atoms with Gasteiger partial charge in [-0.3, -0.25) is 19.4 Å². The number of hydrogen-bond acceptors (Lipinski definition) is 6. The molecule has 9 heteroatoms. The van der Waals surface area contributed by atoms with Gasteiger partial charge in [0.2, 0.25) is 0 Å². The fourth-order valence-electron chi connectivity index (χ4n) is 3.95. The minimum absolute atomic E-state index is 0.0477. The van der Waals surface area contributed by atoms with Crippen molar-refractivity contribution >= 4 is 16.9 Å². The standard InChI is InChI=1S/C20H20N8O/c1-3-27-12-23-24-19(27)18-14-11-28(10-7-16(14)26(2)25-18)20(29)13-5-4-6-15-17(13)22-9-8-21-15/h4-6,8-9,12H,3,7,10-11H2,1-2H3. The van der Waals surface area contributed by atoms with Crippen LogP contribution in [0.3, 0.4) is 0 Å². The van der Waals surface area contributed by atoms with E-state index in [-0.39, 0.29) is 5.91 Å². The van der Waals surface area contributed by atoms with Crippen LogP contribution in [0, 0.1) is 0 Å². The van der Waals surface area contributed by atoms with Gasteiger partial charge >= 0.3 is 0 Å². The average molecular weight is 388 g/mol. The van der Waals surface area contributed by atoms with Crippen LogP contribution in [0.2, 0.25) is 0 Å². The zero-order chi connectivity index (χ0) is 20.0. The lowest BCUT2D eigenvalue weighted by Crippen LogP contribution is -2.36. The second-order valence-corrected chi connectivity index (χ2v) is 7.04. The molecule has 0 atom stereocenters. The smallest absolute Gasteiger partial charge is 0.256 e. The number of para-hydroxylation sites is 1. The lowest BCUT2D eigenvalue weighted by molar-refractivity contribution is 0.0735. The van der Waals surface area contributed by atoms with E-state index in [2.05, 4.69) is 20.2 Å². The highest BCUT2D eigenvalue weighted by Gasteiger charge is 2.30. The molecular weight excluding hydrogens is 368 g/mol.